The highest BCUT2D eigenvalue weighted by molar-refractivity contribution is 7.41. The number of halogens is 1. The van der Waals surface area contributed by atoms with E-state index in [-0.39, 0.29) is 5.48 Å². The third-order valence-corrected chi connectivity index (χ3v) is 4.97. The predicted molar refractivity (Wildman–Crippen MR) is 77.8 cm³/mol. The number of benzene rings is 1. The molecule has 0 aromatic heterocycles. The van der Waals surface area contributed by atoms with Crippen LogP contribution in [0.15, 0.2) is 12.1 Å². The Morgan fingerprint density at radius 2 is 1.95 bits per heavy atom. The van der Waals surface area contributed by atoms with Crippen LogP contribution in [-0.2, 0) is 0 Å². The smallest absolute Gasteiger partial charge is 0.147 e. The van der Waals surface area contributed by atoms with Gasteiger partial charge in [0.25, 0.3) is 0 Å². The summed E-state index contributed by atoms with van der Waals surface area (Å²) < 4.78 is 10.5. The third-order valence-electron chi connectivity index (χ3n) is 3.33. The summed E-state index contributed by atoms with van der Waals surface area (Å²) in [5, 5.41) is 12.9. The first-order valence-corrected chi connectivity index (χ1v) is 7.67. The number of ether oxygens (including phenoxy) is 2. The fourth-order valence-electron chi connectivity index (χ4n) is 2.38. The van der Waals surface area contributed by atoms with Gasteiger partial charge in [0.05, 0.1) is 24.8 Å². The topological polar surface area (TPSA) is 41.5 Å². The zero-order valence-corrected chi connectivity index (χ0v) is 12.8. The summed E-state index contributed by atoms with van der Waals surface area (Å²) in [4.78, 5) is 0. The Morgan fingerprint density at radius 1 is 1.26 bits per heavy atom. The summed E-state index contributed by atoms with van der Waals surface area (Å²) in [5.41, 5.74) is 0.954. The zero-order chi connectivity index (χ0) is 13.8. The normalized spacial score (nSPS) is 16.7. The van der Waals surface area contributed by atoms with Gasteiger partial charge in [-0.05, 0) is 30.6 Å². The van der Waals surface area contributed by atoms with Crippen molar-refractivity contribution in [1.29, 1.82) is 0 Å². The molecular weight excluding hydrogens is 283 g/mol. The monoisotopic (exact) mass is 299 g/mol. The lowest BCUT2D eigenvalue weighted by atomic mass is 10.2. The highest BCUT2D eigenvalue weighted by Gasteiger charge is 2.16. The molecule has 5 heteroatoms. The molecule has 3 nitrogen and oxygen atoms in total. The summed E-state index contributed by atoms with van der Waals surface area (Å²) >= 11 is 6.08. The van der Waals surface area contributed by atoms with Crippen molar-refractivity contribution in [3.63, 3.8) is 0 Å². The van der Waals surface area contributed by atoms with Crippen LogP contribution in [0.5, 0.6) is 11.5 Å². The molecule has 1 aromatic rings. The molecule has 104 valence electrons. The fourth-order valence-corrected chi connectivity index (χ4v) is 3.91. The van der Waals surface area contributed by atoms with E-state index in [0.717, 1.165) is 21.0 Å². The SMILES string of the molecule is COc1ccc(Cl)c(OC)c1C([O-])=PC1CCCC1. The molecule has 1 saturated carbocycles. The van der Waals surface area contributed by atoms with Crippen molar-refractivity contribution in [3.05, 3.63) is 22.7 Å². The summed E-state index contributed by atoms with van der Waals surface area (Å²) in [5.74, 6) is 0.938. The van der Waals surface area contributed by atoms with Crippen molar-refractivity contribution in [3.8, 4) is 11.5 Å². The average Bonchev–Trinajstić information content (AvgIpc) is 2.91. The van der Waals surface area contributed by atoms with Gasteiger partial charge in [-0.2, -0.15) is 0 Å². The molecule has 0 unspecified atom stereocenters. The third kappa shape index (κ3) is 3.22. The molecule has 0 saturated heterocycles. The Labute approximate surface area is 120 Å². The predicted octanol–water partition coefficient (Wildman–Crippen LogP) is 3.08. The minimum absolute atomic E-state index is 0.0306. The van der Waals surface area contributed by atoms with E-state index in [1.807, 2.05) is 0 Å². The van der Waals surface area contributed by atoms with Gasteiger partial charge in [-0.1, -0.05) is 24.4 Å². The van der Waals surface area contributed by atoms with Gasteiger partial charge in [0.15, 0.2) is 0 Å². The molecule has 0 aliphatic heterocycles. The lowest BCUT2D eigenvalue weighted by molar-refractivity contribution is -0.207. The maximum absolute atomic E-state index is 12.5. The van der Waals surface area contributed by atoms with Crippen molar-refractivity contribution in [1.82, 2.24) is 0 Å². The molecule has 0 atom stereocenters. The quantitative estimate of drug-likeness (QED) is 0.802. The van der Waals surface area contributed by atoms with Crippen LogP contribution >= 0.6 is 19.8 Å². The maximum atomic E-state index is 12.5. The van der Waals surface area contributed by atoms with Crippen LogP contribution in [0.2, 0.25) is 5.02 Å². The summed E-state index contributed by atoms with van der Waals surface area (Å²) in [7, 11) is 3.89. The van der Waals surface area contributed by atoms with Crippen LogP contribution in [0.4, 0.5) is 0 Å². The lowest BCUT2D eigenvalue weighted by Gasteiger charge is -2.21. The summed E-state index contributed by atoms with van der Waals surface area (Å²) in [6.07, 6.45) is 4.68. The standard InChI is InChI=1S/C14H18ClO3P/c1-17-11-8-7-10(15)13(18-2)12(11)14(16)19-9-5-3-4-6-9/h7-9,16H,3-6H2,1-2H3/p-1. The van der Waals surface area contributed by atoms with E-state index in [0.29, 0.717) is 27.7 Å². The van der Waals surface area contributed by atoms with Crippen molar-refractivity contribution in [2.45, 2.75) is 31.3 Å². The minimum Gasteiger partial charge on any atom is -0.823 e. The van der Waals surface area contributed by atoms with Crippen molar-refractivity contribution in [2.24, 2.45) is 0 Å². The fraction of sp³-hybridized carbons (Fsp3) is 0.500. The van der Waals surface area contributed by atoms with E-state index in [2.05, 4.69) is 0 Å². The van der Waals surface area contributed by atoms with E-state index in [4.69, 9.17) is 21.1 Å². The first-order valence-electron chi connectivity index (χ1n) is 6.33. The Balaban J connectivity index is 2.43. The molecule has 1 aromatic carbocycles. The highest BCUT2D eigenvalue weighted by Crippen LogP contribution is 2.38. The minimum atomic E-state index is 0.0306. The second-order valence-corrected chi connectivity index (χ2v) is 6.33. The first kappa shape index (κ1) is 14.6. The second-order valence-electron chi connectivity index (χ2n) is 4.53. The van der Waals surface area contributed by atoms with Crippen LogP contribution in [0.25, 0.3) is 0 Å². The van der Waals surface area contributed by atoms with Crippen LogP contribution in [0.1, 0.15) is 31.2 Å². The molecule has 0 heterocycles. The van der Waals surface area contributed by atoms with Crippen molar-refractivity contribution < 1.29 is 14.6 Å². The molecule has 0 amide bonds. The summed E-state index contributed by atoms with van der Waals surface area (Å²) in [6, 6.07) is 3.39. The second kappa shape index (κ2) is 6.60. The maximum Gasteiger partial charge on any atom is 0.147 e. The molecular formula is C14H17ClO3P-. The van der Waals surface area contributed by atoms with Gasteiger partial charge in [0.1, 0.15) is 11.5 Å². The number of hydrogen-bond acceptors (Lipinski definition) is 3. The molecule has 0 spiro atoms. The Kier molecular flexibility index (Phi) is 5.09. The number of methoxy groups -OCH3 is 2. The van der Waals surface area contributed by atoms with Gasteiger partial charge in [0, 0.05) is 0 Å². The van der Waals surface area contributed by atoms with Crippen molar-refractivity contribution in [2.75, 3.05) is 14.2 Å². The number of rotatable bonds is 4. The van der Waals surface area contributed by atoms with E-state index < -0.39 is 0 Å². The zero-order valence-electron chi connectivity index (χ0n) is 11.1. The molecule has 0 radical (unpaired) electrons. The van der Waals surface area contributed by atoms with Gasteiger partial charge in [-0.15, -0.1) is 13.7 Å². The summed E-state index contributed by atoms with van der Waals surface area (Å²) in [6.45, 7) is 0. The Bertz CT molecular complexity index is 482. The van der Waals surface area contributed by atoms with Crippen LogP contribution in [0.3, 0.4) is 0 Å². The Morgan fingerprint density at radius 3 is 2.53 bits per heavy atom. The molecule has 0 N–H and O–H groups in total. The van der Waals surface area contributed by atoms with Gasteiger partial charge in [-0.25, -0.2) is 0 Å². The van der Waals surface area contributed by atoms with Gasteiger partial charge in [-0.3, -0.25) is 0 Å². The van der Waals surface area contributed by atoms with Crippen LogP contribution in [-0.4, -0.2) is 25.4 Å². The van der Waals surface area contributed by atoms with E-state index in [1.54, 1.807) is 19.2 Å². The van der Waals surface area contributed by atoms with E-state index in [1.165, 1.54) is 20.0 Å². The first-order chi connectivity index (χ1) is 9.17. The molecule has 1 fully saturated rings. The molecule has 19 heavy (non-hydrogen) atoms. The van der Waals surface area contributed by atoms with E-state index in [9.17, 15) is 5.11 Å². The molecule has 0 bridgehead atoms. The van der Waals surface area contributed by atoms with Gasteiger partial charge in [0.2, 0.25) is 0 Å². The van der Waals surface area contributed by atoms with E-state index >= 15 is 0 Å². The van der Waals surface area contributed by atoms with Crippen LogP contribution < -0.4 is 14.6 Å². The van der Waals surface area contributed by atoms with Gasteiger partial charge < -0.3 is 14.6 Å². The van der Waals surface area contributed by atoms with Crippen LogP contribution in [0, 0.1) is 0 Å². The molecule has 1 aliphatic rings. The average molecular weight is 300 g/mol. The molecule has 2 rings (SSSR count). The Hall–Kier alpha value is -0.760. The molecule has 1 aliphatic carbocycles. The highest BCUT2D eigenvalue weighted by atomic mass is 35.5. The largest absolute Gasteiger partial charge is 0.823 e. The van der Waals surface area contributed by atoms with Crippen molar-refractivity contribution >= 4 is 25.3 Å². The van der Waals surface area contributed by atoms with Gasteiger partial charge >= 0.3 is 0 Å². The lowest BCUT2D eigenvalue weighted by Crippen LogP contribution is -2.19. The number of hydrogen-bond donors (Lipinski definition) is 0.